The molecular formula is C25H21F3N2O2. The van der Waals surface area contributed by atoms with Crippen LogP contribution in [0.1, 0.15) is 24.8 Å². The van der Waals surface area contributed by atoms with E-state index in [0.29, 0.717) is 21.5 Å². The number of nitrogens with two attached hydrogens (primary N) is 1. The Labute approximate surface area is 182 Å². The number of furan rings is 1. The molecule has 1 saturated carbocycles. The summed E-state index contributed by atoms with van der Waals surface area (Å²) >= 11 is 0. The summed E-state index contributed by atoms with van der Waals surface area (Å²) in [5.41, 5.74) is 8.58. The Bertz CT molecular complexity index is 1330. The summed E-state index contributed by atoms with van der Waals surface area (Å²) in [6.45, 7) is -1.36. The van der Waals surface area contributed by atoms with Crippen LogP contribution in [0.3, 0.4) is 0 Å². The van der Waals surface area contributed by atoms with Gasteiger partial charge in [-0.2, -0.15) is 13.2 Å². The van der Waals surface area contributed by atoms with E-state index in [0.717, 1.165) is 36.6 Å². The molecule has 1 aliphatic carbocycles. The smallest absolute Gasteiger partial charge is 0.406 e. The van der Waals surface area contributed by atoms with E-state index < -0.39 is 18.3 Å². The zero-order valence-electron chi connectivity index (χ0n) is 17.2. The molecule has 4 aromatic rings. The van der Waals surface area contributed by atoms with E-state index in [-0.39, 0.29) is 16.5 Å². The highest BCUT2D eigenvalue weighted by Gasteiger charge is 2.34. The molecule has 164 valence electrons. The standard InChI is InChI=1S/C25H21F3N2O2/c26-25(27,28)15-30-14-11-19-21(23(30)31)20(16-5-2-1-3-6-16)22(32-19)17-7-9-18(10-8-17)24(29)12-4-13-24/h1-3,5-11,14H,4,12-13,15,29H2. The highest BCUT2D eigenvalue weighted by molar-refractivity contribution is 6.01. The molecule has 2 aromatic carbocycles. The van der Waals surface area contributed by atoms with Gasteiger partial charge in [-0.25, -0.2) is 0 Å². The Morgan fingerprint density at radius 2 is 1.66 bits per heavy atom. The maximum Gasteiger partial charge on any atom is 0.406 e. The Kier molecular flexibility index (Phi) is 4.74. The molecule has 2 N–H and O–H groups in total. The van der Waals surface area contributed by atoms with E-state index in [1.807, 2.05) is 54.6 Å². The lowest BCUT2D eigenvalue weighted by Gasteiger charge is -2.38. The van der Waals surface area contributed by atoms with Gasteiger partial charge in [-0.1, -0.05) is 54.6 Å². The molecule has 0 radical (unpaired) electrons. The van der Waals surface area contributed by atoms with Gasteiger partial charge >= 0.3 is 6.18 Å². The lowest BCUT2D eigenvalue weighted by Crippen LogP contribution is -2.43. The van der Waals surface area contributed by atoms with Gasteiger partial charge in [0.05, 0.1) is 5.39 Å². The minimum absolute atomic E-state index is 0.135. The average molecular weight is 438 g/mol. The summed E-state index contributed by atoms with van der Waals surface area (Å²) in [5, 5.41) is 0.135. The Balaban J connectivity index is 1.70. The predicted molar refractivity (Wildman–Crippen MR) is 117 cm³/mol. The van der Waals surface area contributed by atoms with Crippen LogP contribution in [0.4, 0.5) is 13.2 Å². The van der Waals surface area contributed by atoms with Gasteiger partial charge in [-0.05, 0) is 36.5 Å². The van der Waals surface area contributed by atoms with Crippen LogP contribution in [0.2, 0.25) is 0 Å². The molecule has 0 atom stereocenters. The summed E-state index contributed by atoms with van der Waals surface area (Å²) in [4.78, 5) is 13.1. The number of aromatic nitrogens is 1. The first-order valence-corrected chi connectivity index (χ1v) is 10.4. The molecule has 5 rings (SSSR count). The fourth-order valence-corrected chi connectivity index (χ4v) is 4.35. The highest BCUT2D eigenvalue weighted by Crippen LogP contribution is 2.42. The first-order valence-electron chi connectivity index (χ1n) is 10.4. The second kappa shape index (κ2) is 7.38. The van der Waals surface area contributed by atoms with Crippen LogP contribution in [-0.4, -0.2) is 10.7 Å². The second-order valence-corrected chi connectivity index (χ2v) is 8.36. The molecule has 32 heavy (non-hydrogen) atoms. The molecule has 0 saturated heterocycles. The number of hydrogen-bond acceptors (Lipinski definition) is 3. The van der Waals surface area contributed by atoms with Crippen LogP contribution < -0.4 is 11.3 Å². The lowest BCUT2D eigenvalue weighted by atomic mass is 9.72. The van der Waals surface area contributed by atoms with Crippen molar-refractivity contribution in [2.45, 2.75) is 37.5 Å². The van der Waals surface area contributed by atoms with Crippen molar-refractivity contribution in [1.82, 2.24) is 4.57 Å². The van der Waals surface area contributed by atoms with Gasteiger partial charge in [-0.15, -0.1) is 0 Å². The third-order valence-electron chi connectivity index (χ3n) is 6.20. The molecule has 4 nitrogen and oxygen atoms in total. The van der Waals surface area contributed by atoms with Gasteiger partial charge in [0.2, 0.25) is 0 Å². The van der Waals surface area contributed by atoms with Crippen LogP contribution >= 0.6 is 0 Å². The van der Waals surface area contributed by atoms with Crippen LogP contribution in [0.25, 0.3) is 33.4 Å². The summed E-state index contributed by atoms with van der Waals surface area (Å²) in [6, 6.07) is 18.2. The van der Waals surface area contributed by atoms with Gasteiger partial charge in [0.1, 0.15) is 17.9 Å². The number of rotatable bonds is 4. The largest absolute Gasteiger partial charge is 0.455 e. The van der Waals surface area contributed by atoms with Crippen LogP contribution in [0, 0.1) is 0 Å². The molecule has 7 heteroatoms. The van der Waals surface area contributed by atoms with Crippen molar-refractivity contribution in [3.63, 3.8) is 0 Å². The zero-order chi connectivity index (χ0) is 22.5. The van der Waals surface area contributed by atoms with E-state index in [1.54, 1.807) is 0 Å². The topological polar surface area (TPSA) is 61.2 Å². The number of halogens is 3. The van der Waals surface area contributed by atoms with Crippen LogP contribution in [-0.2, 0) is 12.1 Å². The summed E-state index contributed by atoms with van der Waals surface area (Å²) in [5.74, 6) is 0.444. The monoisotopic (exact) mass is 438 g/mol. The third-order valence-corrected chi connectivity index (χ3v) is 6.20. The molecule has 1 fully saturated rings. The number of benzene rings is 2. The molecule has 0 unspecified atom stereocenters. The Hall–Kier alpha value is -3.32. The fourth-order valence-electron chi connectivity index (χ4n) is 4.35. The van der Waals surface area contributed by atoms with Crippen molar-refractivity contribution >= 4 is 11.0 Å². The van der Waals surface area contributed by atoms with E-state index in [1.165, 1.54) is 6.07 Å². The summed E-state index contributed by atoms with van der Waals surface area (Å²) in [7, 11) is 0. The number of nitrogens with zero attached hydrogens (tertiary/aromatic N) is 1. The molecular weight excluding hydrogens is 417 g/mol. The highest BCUT2D eigenvalue weighted by atomic mass is 19.4. The maximum atomic E-state index is 13.1. The summed E-state index contributed by atoms with van der Waals surface area (Å²) in [6.07, 6.45) is -0.412. The van der Waals surface area contributed by atoms with E-state index in [4.69, 9.17) is 10.2 Å². The Morgan fingerprint density at radius 3 is 2.25 bits per heavy atom. The number of fused-ring (bicyclic) bond motifs is 1. The zero-order valence-corrected chi connectivity index (χ0v) is 17.2. The second-order valence-electron chi connectivity index (χ2n) is 8.36. The normalized spacial score (nSPS) is 15.6. The molecule has 0 bridgehead atoms. The van der Waals surface area contributed by atoms with Crippen molar-refractivity contribution in [3.8, 4) is 22.5 Å². The first kappa shape index (κ1) is 20.6. The van der Waals surface area contributed by atoms with Gasteiger partial charge in [0.25, 0.3) is 5.56 Å². The van der Waals surface area contributed by atoms with Gasteiger partial charge in [-0.3, -0.25) is 4.79 Å². The minimum Gasteiger partial charge on any atom is -0.455 e. The van der Waals surface area contributed by atoms with E-state index in [9.17, 15) is 18.0 Å². The quantitative estimate of drug-likeness (QED) is 0.436. The van der Waals surface area contributed by atoms with Gasteiger partial charge < -0.3 is 14.7 Å². The van der Waals surface area contributed by atoms with Gasteiger partial charge in [0.15, 0.2) is 0 Å². The average Bonchev–Trinajstić information content (AvgIpc) is 3.14. The van der Waals surface area contributed by atoms with Crippen molar-refractivity contribution in [2.75, 3.05) is 0 Å². The third kappa shape index (κ3) is 3.52. The molecule has 0 aliphatic heterocycles. The Morgan fingerprint density at radius 1 is 0.969 bits per heavy atom. The molecule has 2 heterocycles. The molecule has 2 aromatic heterocycles. The van der Waals surface area contributed by atoms with Crippen LogP contribution in [0.15, 0.2) is 76.1 Å². The first-order chi connectivity index (χ1) is 15.3. The van der Waals surface area contributed by atoms with Gasteiger partial charge in [0, 0.05) is 22.9 Å². The van der Waals surface area contributed by atoms with Crippen LogP contribution in [0.5, 0.6) is 0 Å². The van der Waals surface area contributed by atoms with E-state index in [2.05, 4.69) is 0 Å². The number of alkyl halides is 3. The number of pyridine rings is 1. The fraction of sp³-hybridized carbons (Fsp3) is 0.240. The maximum absolute atomic E-state index is 13.1. The van der Waals surface area contributed by atoms with Crippen molar-refractivity contribution in [3.05, 3.63) is 82.8 Å². The van der Waals surface area contributed by atoms with Crippen molar-refractivity contribution in [2.24, 2.45) is 5.73 Å². The lowest BCUT2D eigenvalue weighted by molar-refractivity contribution is -0.141. The predicted octanol–water partition coefficient (Wildman–Crippen LogP) is 5.83. The molecule has 1 aliphatic rings. The van der Waals surface area contributed by atoms with Crippen molar-refractivity contribution < 1.29 is 17.6 Å². The summed E-state index contributed by atoms with van der Waals surface area (Å²) < 4.78 is 45.7. The number of hydrogen-bond donors (Lipinski definition) is 1. The van der Waals surface area contributed by atoms with E-state index >= 15 is 0 Å². The molecule has 0 spiro atoms. The molecule has 0 amide bonds. The minimum atomic E-state index is -4.51. The SMILES string of the molecule is NC1(c2ccc(-c3oc4ccn(CC(F)(F)F)c(=O)c4c3-c3ccccc3)cc2)CCC1. The van der Waals surface area contributed by atoms with Crippen molar-refractivity contribution in [1.29, 1.82) is 0 Å².